The number of carboxylic acid groups (broad SMARTS) is 1. The van der Waals surface area contributed by atoms with Crippen LogP contribution in [-0.4, -0.2) is 28.0 Å². The molecule has 6 nitrogen and oxygen atoms in total. The van der Waals surface area contributed by atoms with Crippen molar-refractivity contribution < 1.29 is 14.7 Å². The summed E-state index contributed by atoms with van der Waals surface area (Å²) in [5.41, 5.74) is 6.34. The first-order valence-electron chi connectivity index (χ1n) is 6.65. The fourth-order valence-corrected chi connectivity index (χ4v) is 1.76. The van der Waals surface area contributed by atoms with E-state index >= 15 is 0 Å². The number of amides is 1. The number of rotatable bonds is 7. The maximum atomic E-state index is 11.9. The van der Waals surface area contributed by atoms with Gasteiger partial charge in [-0.3, -0.25) is 9.59 Å². The second-order valence-corrected chi connectivity index (χ2v) is 5.02. The van der Waals surface area contributed by atoms with Crippen LogP contribution in [0, 0.1) is 5.92 Å². The highest BCUT2D eigenvalue weighted by Crippen LogP contribution is 2.10. The predicted molar refractivity (Wildman–Crippen MR) is 76.2 cm³/mol. The molecule has 6 heteroatoms. The summed E-state index contributed by atoms with van der Waals surface area (Å²) in [5, 5.41) is 11.6. The summed E-state index contributed by atoms with van der Waals surface area (Å²) in [6, 6.07) is 3.17. The van der Waals surface area contributed by atoms with Gasteiger partial charge in [-0.1, -0.05) is 13.3 Å². The Bertz CT molecular complexity index is 459. The molecule has 0 spiro atoms. The van der Waals surface area contributed by atoms with Gasteiger partial charge in [0.25, 0.3) is 5.91 Å². The third kappa shape index (κ3) is 5.26. The van der Waals surface area contributed by atoms with Crippen LogP contribution in [-0.2, 0) is 4.79 Å². The Labute approximate surface area is 118 Å². The van der Waals surface area contributed by atoms with Crippen molar-refractivity contribution in [3.8, 4) is 0 Å². The molecule has 0 radical (unpaired) electrons. The molecular formula is C14H21N3O3. The number of nitrogens with two attached hydrogens (primary N) is 1. The summed E-state index contributed by atoms with van der Waals surface area (Å²) < 4.78 is 0. The average molecular weight is 279 g/mol. The molecule has 0 aliphatic heterocycles. The monoisotopic (exact) mass is 279 g/mol. The van der Waals surface area contributed by atoms with Gasteiger partial charge in [-0.2, -0.15) is 0 Å². The Morgan fingerprint density at radius 2 is 2.05 bits per heavy atom. The van der Waals surface area contributed by atoms with Crippen LogP contribution in [0.15, 0.2) is 18.3 Å². The van der Waals surface area contributed by atoms with E-state index in [1.807, 2.05) is 6.92 Å². The topological polar surface area (TPSA) is 105 Å². The van der Waals surface area contributed by atoms with E-state index in [0.29, 0.717) is 17.8 Å². The minimum Gasteiger partial charge on any atom is -0.481 e. The van der Waals surface area contributed by atoms with E-state index in [-0.39, 0.29) is 17.9 Å². The molecule has 1 amide bonds. The molecule has 1 rings (SSSR count). The van der Waals surface area contributed by atoms with Gasteiger partial charge in [0.15, 0.2) is 0 Å². The summed E-state index contributed by atoms with van der Waals surface area (Å²) in [6.45, 7) is 3.57. The summed E-state index contributed by atoms with van der Waals surface area (Å²) in [7, 11) is 0. The normalized spacial score (nSPS) is 13.5. The van der Waals surface area contributed by atoms with Crippen LogP contribution >= 0.6 is 0 Å². The van der Waals surface area contributed by atoms with Crippen LogP contribution in [0.2, 0.25) is 0 Å². The van der Waals surface area contributed by atoms with Crippen molar-refractivity contribution in [2.45, 2.75) is 39.2 Å². The summed E-state index contributed by atoms with van der Waals surface area (Å²) in [6.07, 6.45) is 3.53. The zero-order valence-corrected chi connectivity index (χ0v) is 11.8. The molecule has 4 N–H and O–H groups in total. The van der Waals surface area contributed by atoms with Crippen molar-refractivity contribution in [3.63, 3.8) is 0 Å². The van der Waals surface area contributed by atoms with Gasteiger partial charge in [-0.05, 0) is 31.9 Å². The van der Waals surface area contributed by atoms with Crippen molar-refractivity contribution in [2.75, 3.05) is 5.73 Å². The van der Waals surface area contributed by atoms with Gasteiger partial charge in [0, 0.05) is 6.04 Å². The molecule has 1 heterocycles. The molecule has 1 aromatic rings. The fraction of sp³-hybridized carbons (Fsp3) is 0.500. The molecule has 0 aliphatic carbocycles. The molecule has 1 aromatic heterocycles. The van der Waals surface area contributed by atoms with Crippen molar-refractivity contribution in [1.82, 2.24) is 10.3 Å². The number of nitrogens with one attached hydrogen (secondary N) is 1. The second-order valence-electron chi connectivity index (χ2n) is 5.02. The molecule has 0 saturated carbocycles. The summed E-state index contributed by atoms with van der Waals surface area (Å²) >= 11 is 0. The van der Waals surface area contributed by atoms with E-state index in [2.05, 4.69) is 10.3 Å². The van der Waals surface area contributed by atoms with E-state index in [9.17, 15) is 9.59 Å². The molecule has 0 aliphatic rings. The summed E-state index contributed by atoms with van der Waals surface area (Å²) in [4.78, 5) is 26.5. The number of aromatic nitrogens is 1. The van der Waals surface area contributed by atoms with Crippen LogP contribution in [0.4, 0.5) is 5.69 Å². The molecule has 0 bridgehead atoms. The lowest BCUT2D eigenvalue weighted by atomic mass is 10.0. The highest BCUT2D eigenvalue weighted by atomic mass is 16.4. The number of aliphatic carboxylic acids is 1. The number of carbonyl (C=O) groups is 2. The molecule has 0 fully saturated rings. The Kier molecular flexibility index (Phi) is 5.96. The van der Waals surface area contributed by atoms with Crippen LogP contribution < -0.4 is 11.1 Å². The SMILES string of the molecule is CC(CCCC(C)C(=O)O)NC(=O)c1ccc(N)cn1. The van der Waals surface area contributed by atoms with Crippen molar-refractivity contribution >= 4 is 17.6 Å². The van der Waals surface area contributed by atoms with Gasteiger partial charge in [-0.25, -0.2) is 4.98 Å². The number of carboxylic acids is 1. The molecule has 20 heavy (non-hydrogen) atoms. The molecule has 2 unspecified atom stereocenters. The largest absolute Gasteiger partial charge is 0.481 e. The maximum absolute atomic E-state index is 11.9. The highest BCUT2D eigenvalue weighted by molar-refractivity contribution is 5.92. The Hall–Kier alpha value is -2.11. The van der Waals surface area contributed by atoms with E-state index in [4.69, 9.17) is 10.8 Å². The van der Waals surface area contributed by atoms with E-state index in [0.717, 1.165) is 12.8 Å². The lowest BCUT2D eigenvalue weighted by Gasteiger charge is -2.14. The Morgan fingerprint density at radius 3 is 2.60 bits per heavy atom. The minimum atomic E-state index is -0.784. The Balaban J connectivity index is 2.35. The Morgan fingerprint density at radius 1 is 1.35 bits per heavy atom. The van der Waals surface area contributed by atoms with Gasteiger partial charge in [-0.15, -0.1) is 0 Å². The first-order valence-corrected chi connectivity index (χ1v) is 6.65. The molecule has 2 atom stereocenters. The van der Waals surface area contributed by atoms with Gasteiger partial charge in [0.1, 0.15) is 5.69 Å². The number of hydrogen-bond donors (Lipinski definition) is 3. The number of carbonyl (C=O) groups excluding carboxylic acids is 1. The van der Waals surface area contributed by atoms with Crippen LogP contribution in [0.25, 0.3) is 0 Å². The number of hydrogen-bond acceptors (Lipinski definition) is 4. The minimum absolute atomic E-state index is 0.0251. The van der Waals surface area contributed by atoms with Crippen LogP contribution in [0.5, 0.6) is 0 Å². The van der Waals surface area contributed by atoms with Crippen molar-refractivity contribution in [3.05, 3.63) is 24.0 Å². The summed E-state index contributed by atoms with van der Waals surface area (Å²) in [5.74, 6) is -1.38. The molecule has 0 saturated heterocycles. The molecular weight excluding hydrogens is 258 g/mol. The predicted octanol–water partition coefficient (Wildman–Crippen LogP) is 1.67. The zero-order chi connectivity index (χ0) is 15.1. The third-order valence-corrected chi connectivity index (χ3v) is 3.09. The lowest BCUT2D eigenvalue weighted by molar-refractivity contribution is -0.141. The fourth-order valence-electron chi connectivity index (χ4n) is 1.76. The van der Waals surface area contributed by atoms with E-state index in [1.54, 1.807) is 19.1 Å². The standard InChI is InChI=1S/C14H21N3O3/c1-9(14(19)20)4-3-5-10(2)17-13(18)12-7-6-11(15)8-16-12/h6-10H,3-5,15H2,1-2H3,(H,17,18)(H,19,20). The smallest absolute Gasteiger partial charge is 0.306 e. The molecule has 0 aromatic carbocycles. The quantitative estimate of drug-likeness (QED) is 0.704. The van der Waals surface area contributed by atoms with Gasteiger partial charge < -0.3 is 16.2 Å². The van der Waals surface area contributed by atoms with Crippen molar-refractivity contribution in [1.29, 1.82) is 0 Å². The number of nitrogens with zero attached hydrogens (tertiary/aromatic N) is 1. The van der Waals surface area contributed by atoms with Gasteiger partial charge in [0.2, 0.25) is 0 Å². The third-order valence-electron chi connectivity index (χ3n) is 3.09. The number of nitrogen functional groups attached to an aromatic ring is 1. The van der Waals surface area contributed by atoms with Crippen LogP contribution in [0.1, 0.15) is 43.6 Å². The number of anilines is 1. The molecule has 110 valence electrons. The van der Waals surface area contributed by atoms with Gasteiger partial charge in [0.05, 0.1) is 17.8 Å². The number of pyridine rings is 1. The zero-order valence-electron chi connectivity index (χ0n) is 11.8. The van der Waals surface area contributed by atoms with E-state index < -0.39 is 5.97 Å². The average Bonchev–Trinajstić information content (AvgIpc) is 2.39. The van der Waals surface area contributed by atoms with Crippen LogP contribution in [0.3, 0.4) is 0 Å². The maximum Gasteiger partial charge on any atom is 0.306 e. The second kappa shape index (κ2) is 7.47. The van der Waals surface area contributed by atoms with Gasteiger partial charge >= 0.3 is 5.97 Å². The first-order chi connectivity index (χ1) is 9.40. The lowest BCUT2D eigenvalue weighted by Crippen LogP contribution is -2.33. The highest BCUT2D eigenvalue weighted by Gasteiger charge is 2.13. The first kappa shape index (κ1) is 15.9. The van der Waals surface area contributed by atoms with Crippen molar-refractivity contribution in [2.24, 2.45) is 5.92 Å². The van der Waals surface area contributed by atoms with E-state index in [1.165, 1.54) is 6.20 Å².